The molecule has 4 nitrogen and oxygen atoms in total. The van der Waals surface area contributed by atoms with E-state index in [1.165, 1.54) is 0 Å². The minimum atomic E-state index is -0.705. The highest BCUT2D eigenvalue weighted by Gasteiger charge is 2.30. The molecule has 1 N–H and O–H groups in total. The lowest BCUT2D eigenvalue weighted by Gasteiger charge is -2.22. The maximum Gasteiger partial charge on any atom is 0.128 e. The number of aliphatic hydroxyl groups is 1. The Balaban J connectivity index is 2.33. The van der Waals surface area contributed by atoms with E-state index in [9.17, 15) is 5.11 Å². The SMILES string of the molecule is COc1cccc(OC)c1C(O)C1CCCO1. The second-order valence-electron chi connectivity index (χ2n) is 4.07. The van der Waals surface area contributed by atoms with E-state index < -0.39 is 6.10 Å². The van der Waals surface area contributed by atoms with Crippen molar-refractivity contribution in [3.8, 4) is 11.5 Å². The first-order valence-corrected chi connectivity index (χ1v) is 5.78. The molecule has 0 saturated carbocycles. The predicted octanol–water partition coefficient (Wildman–Crippen LogP) is 1.92. The van der Waals surface area contributed by atoms with Crippen molar-refractivity contribution >= 4 is 0 Å². The highest BCUT2D eigenvalue weighted by atomic mass is 16.5. The molecule has 1 aromatic carbocycles. The van der Waals surface area contributed by atoms with Gasteiger partial charge < -0.3 is 19.3 Å². The quantitative estimate of drug-likeness (QED) is 0.870. The average Bonchev–Trinajstić information content (AvgIpc) is 2.90. The van der Waals surface area contributed by atoms with Gasteiger partial charge >= 0.3 is 0 Å². The van der Waals surface area contributed by atoms with Gasteiger partial charge in [-0.1, -0.05) is 6.07 Å². The fourth-order valence-corrected chi connectivity index (χ4v) is 2.21. The molecule has 0 aliphatic carbocycles. The summed E-state index contributed by atoms with van der Waals surface area (Å²) in [7, 11) is 3.17. The first-order chi connectivity index (χ1) is 8.27. The summed E-state index contributed by atoms with van der Waals surface area (Å²) in [6.45, 7) is 0.708. The third-order valence-corrected chi connectivity index (χ3v) is 3.08. The van der Waals surface area contributed by atoms with Gasteiger partial charge in [-0.2, -0.15) is 0 Å². The minimum absolute atomic E-state index is 0.166. The van der Waals surface area contributed by atoms with E-state index in [0.717, 1.165) is 12.8 Å². The van der Waals surface area contributed by atoms with Gasteiger partial charge in [0.2, 0.25) is 0 Å². The standard InChI is InChI=1S/C13H18O4/c1-15-9-5-3-6-10(16-2)12(9)13(14)11-7-4-8-17-11/h3,5-6,11,13-14H,4,7-8H2,1-2H3. The zero-order valence-corrected chi connectivity index (χ0v) is 10.2. The highest BCUT2D eigenvalue weighted by molar-refractivity contribution is 5.46. The van der Waals surface area contributed by atoms with E-state index in [-0.39, 0.29) is 6.10 Å². The number of methoxy groups -OCH3 is 2. The van der Waals surface area contributed by atoms with Crippen LogP contribution in [0.25, 0.3) is 0 Å². The van der Waals surface area contributed by atoms with Crippen LogP contribution in [0, 0.1) is 0 Å². The van der Waals surface area contributed by atoms with Crippen LogP contribution >= 0.6 is 0 Å². The molecule has 17 heavy (non-hydrogen) atoms. The van der Waals surface area contributed by atoms with E-state index >= 15 is 0 Å². The summed E-state index contributed by atoms with van der Waals surface area (Å²) in [6, 6.07) is 5.47. The van der Waals surface area contributed by atoms with Crippen molar-refractivity contribution in [3.05, 3.63) is 23.8 Å². The molecule has 2 rings (SSSR count). The molecule has 1 aliphatic rings. The Morgan fingerprint density at radius 1 is 1.29 bits per heavy atom. The molecule has 1 aliphatic heterocycles. The Labute approximate surface area is 101 Å². The third-order valence-electron chi connectivity index (χ3n) is 3.08. The molecule has 0 amide bonds. The largest absolute Gasteiger partial charge is 0.496 e. The van der Waals surface area contributed by atoms with Gasteiger partial charge in [0.15, 0.2) is 0 Å². The molecule has 1 fully saturated rings. The van der Waals surface area contributed by atoms with Crippen molar-refractivity contribution < 1.29 is 19.3 Å². The monoisotopic (exact) mass is 238 g/mol. The fraction of sp³-hybridized carbons (Fsp3) is 0.538. The van der Waals surface area contributed by atoms with Crippen LogP contribution < -0.4 is 9.47 Å². The summed E-state index contributed by atoms with van der Waals surface area (Å²) >= 11 is 0. The zero-order chi connectivity index (χ0) is 12.3. The molecule has 4 heteroatoms. The molecule has 0 radical (unpaired) electrons. The molecule has 1 heterocycles. The van der Waals surface area contributed by atoms with Crippen LogP contribution in [-0.2, 0) is 4.74 Å². The number of hydrogen-bond donors (Lipinski definition) is 1. The van der Waals surface area contributed by atoms with Crippen molar-refractivity contribution in [2.24, 2.45) is 0 Å². The van der Waals surface area contributed by atoms with E-state index in [0.29, 0.717) is 23.7 Å². The van der Waals surface area contributed by atoms with Crippen LogP contribution in [0.15, 0.2) is 18.2 Å². The van der Waals surface area contributed by atoms with Crippen molar-refractivity contribution in [3.63, 3.8) is 0 Å². The number of benzene rings is 1. The maximum absolute atomic E-state index is 10.4. The molecule has 1 saturated heterocycles. The summed E-state index contributed by atoms with van der Waals surface area (Å²) < 4.78 is 16.1. The molecule has 1 aromatic rings. The fourth-order valence-electron chi connectivity index (χ4n) is 2.21. The molecule has 2 unspecified atom stereocenters. The molecule has 94 valence electrons. The van der Waals surface area contributed by atoms with Gasteiger partial charge in [-0.3, -0.25) is 0 Å². The van der Waals surface area contributed by atoms with Crippen molar-refractivity contribution in [2.45, 2.75) is 25.0 Å². The van der Waals surface area contributed by atoms with Crippen molar-refractivity contribution in [1.29, 1.82) is 0 Å². The van der Waals surface area contributed by atoms with Crippen molar-refractivity contribution in [1.82, 2.24) is 0 Å². The maximum atomic E-state index is 10.4. The summed E-state index contributed by atoms with van der Waals surface area (Å²) in [6.07, 6.45) is 0.977. The van der Waals surface area contributed by atoms with E-state index in [2.05, 4.69) is 0 Å². The van der Waals surface area contributed by atoms with E-state index in [1.54, 1.807) is 14.2 Å². The van der Waals surface area contributed by atoms with Crippen LogP contribution in [0.3, 0.4) is 0 Å². The zero-order valence-electron chi connectivity index (χ0n) is 10.2. The minimum Gasteiger partial charge on any atom is -0.496 e. The third kappa shape index (κ3) is 2.37. The summed E-state index contributed by atoms with van der Waals surface area (Å²) in [4.78, 5) is 0. The van der Waals surface area contributed by atoms with E-state index in [1.807, 2.05) is 18.2 Å². The summed E-state index contributed by atoms with van der Waals surface area (Å²) in [5.41, 5.74) is 0.671. The van der Waals surface area contributed by atoms with Crippen LogP contribution in [0.5, 0.6) is 11.5 Å². The van der Waals surface area contributed by atoms with Gasteiger partial charge in [-0.05, 0) is 25.0 Å². The summed E-state index contributed by atoms with van der Waals surface area (Å²) in [5, 5.41) is 10.4. The normalized spacial score (nSPS) is 21.2. The Kier molecular flexibility index (Phi) is 3.86. The molecular weight excluding hydrogens is 220 g/mol. The predicted molar refractivity (Wildman–Crippen MR) is 63.5 cm³/mol. The lowest BCUT2D eigenvalue weighted by molar-refractivity contribution is -0.00472. The first-order valence-electron chi connectivity index (χ1n) is 5.78. The first kappa shape index (κ1) is 12.2. The number of rotatable bonds is 4. The topological polar surface area (TPSA) is 47.9 Å². The Bertz CT molecular complexity index is 349. The lowest BCUT2D eigenvalue weighted by Crippen LogP contribution is -2.18. The lowest BCUT2D eigenvalue weighted by atomic mass is 10.0. The molecular formula is C13H18O4. The second-order valence-corrected chi connectivity index (χ2v) is 4.07. The van der Waals surface area contributed by atoms with Gasteiger partial charge in [0.1, 0.15) is 17.6 Å². The van der Waals surface area contributed by atoms with Crippen LogP contribution in [0.4, 0.5) is 0 Å². The Morgan fingerprint density at radius 2 is 1.94 bits per heavy atom. The summed E-state index contributed by atoms with van der Waals surface area (Å²) in [5.74, 6) is 1.26. The number of aliphatic hydroxyl groups excluding tert-OH is 1. The van der Waals surface area contributed by atoms with Crippen LogP contribution in [-0.4, -0.2) is 32.0 Å². The molecule has 0 spiro atoms. The van der Waals surface area contributed by atoms with Gasteiger partial charge in [0.25, 0.3) is 0 Å². The van der Waals surface area contributed by atoms with Gasteiger partial charge in [-0.25, -0.2) is 0 Å². The molecule has 0 aromatic heterocycles. The highest BCUT2D eigenvalue weighted by Crippen LogP contribution is 2.38. The smallest absolute Gasteiger partial charge is 0.128 e. The number of ether oxygens (including phenoxy) is 3. The van der Waals surface area contributed by atoms with Crippen LogP contribution in [0.2, 0.25) is 0 Å². The molecule has 0 bridgehead atoms. The second kappa shape index (κ2) is 5.38. The number of hydrogen-bond acceptors (Lipinski definition) is 4. The van der Waals surface area contributed by atoms with Gasteiger partial charge in [0.05, 0.1) is 25.9 Å². The Hall–Kier alpha value is -1.26. The van der Waals surface area contributed by atoms with Crippen LogP contribution in [0.1, 0.15) is 24.5 Å². The molecule has 2 atom stereocenters. The van der Waals surface area contributed by atoms with E-state index in [4.69, 9.17) is 14.2 Å². The average molecular weight is 238 g/mol. The van der Waals surface area contributed by atoms with Gasteiger partial charge in [-0.15, -0.1) is 0 Å². The Morgan fingerprint density at radius 3 is 2.41 bits per heavy atom. The van der Waals surface area contributed by atoms with Gasteiger partial charge in [0, 0.05) is 6.61 Å². The van der Waals surface area contributed by atoms with Crippen molar-refractivity contribution in [2.75, 3.05) is 20.8 Å².